The SMILES string of the molecule is NCc1ccnc(Oc2ccc(CCO)cc2)n1. The molecule has 1 aromatic carbocycles. The summed E-state index contributed by atoms with van der Waals surface area (Å²) in [5.41, 5.74) is 7.29. The first kappa shape index (κ1) is 12.5. The van der Waals surface area contributed by atoms with Crippen LogP contribution in [0.1, 0.15) is 11.3 Å². The van der Waals surface area contributed by atoms with Gasteiger partial charge in [0.1, 0.15) is 5.75 Å². The minimum absolute atomic E-state index is 0.141. The molecule has 18 heavy (non-hydrogen) atoms. The Morgan fingerprint density at radius 1 is 1.17 bits per heavy atom. The second-order valence-corrected chi connectivity index (χ2v) is 3.75. The van der Waals surface area contributed by atoms with E-state index < -0.39 is 0 Å². The van der Waals surface area contributed by atoms with Gasteiger partial charge in [0.2, 0.25) is 0 Å². The normalized spacial score (nSPS) is 10.3. The fraction of sp³-hybridized carbons (Fsp3) is 0.231. The molecule has 0 fully saturated rings. The molecule has 0 saturated carbocycles. The topological polar surface area (TPSA) is 81.3 Å². The Morgan fingerprint density at radius 3 is 2.61 bits per heavy atom. The molecule has 2 aromatic rings. The number of aliphatic hydroxyl groups excluding tert-OH is 1. The van der Waals surface area contributed by atoms with Gasteiger partial charge in [0.05, 0.1) is 5.69 Å². The van der Waals surface area contributed by atoms with Crippen molar-refractivity contribution in [3.63, 3.8) is 0 Å². The van der Waals surface area contributed by atoms with E-state index in [0.29, 0.717) is 18.7 Å². The van der Waals surface area contributed by atoms with Gasteiger partial charge >= 0.3 is 6.01 Å². The van der Waals surface area contributed by atoms with E-state index in [4.69, 9.17) is 15.6 Å². The van der Waals surface area contributed by atoms with Gasteiger partial charge in [-0.25, -0.2) is 4.98 Å². The predicted molar refractivity (Wildman–Crippen MR) is 67.2 cm³/mol. The zero-order valence-electron chi connectivity index (χ0n) is 9.91. The van der Waals surface area contributed by atoms with Crippen molar-refractivity contribution in [1.29, 1.82) is 0 Å². The molecule has 0 aliphatic carbocycles. The Labute approximate surface area is 105 Å². The van der Waals surface area contributed by atoms with Crippen molar-refractivity contribution in [2.45, 2.75) is 13.0 Å². The Kier molecular flexibility index (Phi) is 4.22. The number of nitrogens with zero attached hydrogens (tertiary/aromatic N) is 2. The van der Waals surface area contributed by atoms with E-state index in [9.17, 15) is 0 Å². The fourth-order valence-electron chi connectivity index (χ4n) is 1.50. The monoisotopic (exact) mass is 245 g/mol. The molecular weight excluding hydrogens is 230 g/mol. The Bertz CT molecular complexity index is 500. The summed E-state index contributed by atoms with van der Waals surface area (Å²) in [4.78, 5) is 8.16. The molecule has 0 aliphatic rings. The molecule has 0 amide bonds. The summed E-state index contributed by atoms with van der Waals surface area (Å²) in [5.74, 6) is 0.658. The van der Waals surface area contributed by atoms with Gasteiger partial charge in [-0.1, -0.05) is 12.1 Å². The van der Waals surface area contributed by atoms with Crippen molar-refractivity contribution in [3.8, 4) is 11.8 Å². The number of rotatable bonds is 5. The Morgan fingerprint density at radius 2 is 1.94 bits per heavy atom. The maximum absolute atomic E-state index is 8.82. The highest BCUT2D eigenvalue weighted by Gasteiger charge is 2.01. The van der Waals surface area contributed by atoms with E-state index in [1.54, 1.807) is 12.3 Å². The average Bonchev–Trinajstić information content (AvgIpc) is 2.42. The summed E-state index contributed by atoms with van der Waals surface area (Å²) in [6.07, 6.45) is 2.25. The maximum Gasteiger partial charge on any atom is 0.322 e. The third-order valence-corrected chi connectivity index (χ3v) is 2.43. The van der Waals surface area contributed by atoms with Crippen LogP contribution in [0.3, 0.4) is 0 Å². The van der Waals surface area contributed by atoms with Crippen molar-refractivity contribution in [1.82, 2.24) is 9.97 Å². The zero-order valence-corrected chi connectivity index (χ0v) is 9.91. The number of ether oxygens (including phenoxy) is 1. The van der Waals surface area contributed by atoms with Crippen molar-refractivity contribution >= 4 is 0 Å². The lowest BCUT2D eigenvalue weighted by atomic mass is 10.1. The number of hydrogen-bond donors (Lipinski definition) is 2. The van der Waals surface area contributed by atoms with Gasteiger partial charge in [0.25, 0.3) is 0 Å². The minimum Gasteiger partial charge on any atom is -0.424 e. The van der Waals surface area contributed by atoms with Gasteiger partial charge < -0.3 is 15.6 Å². The molecule has 0 radical (unpaired) electrons. The lowest BCUT2D eigenvalue weighted by Crippen LogP contribution is -2.01. The molecule has 5 nitrogen and oxygen atoms in total. The highest BCUT2D eigenvalue weighted by atomic mass is 16.5. The maximum atomic E-state index is 8.82. The van der Waals surface area contributed by atoms with E-state index in [-0.39, 0.29) is 12.6 Å². The lowest BCUT2D eigenvalue weighted by Gasteiger charge is -2.05. The Balaban J connectivity index is 2.08. The van der Waals surface area contributed by atoms with Crippen LogP contribution in [-0.4, -0.2) is 21.7 Å². The van der Waals surface area contributed by atoms with Crippen LogP contribution < -0.4 is 10.5 Å². The third kappa shape index (κ3) is 3.26. The van der Waals surface area contributed by atoms with Gasteiger partial charge in [-0.3, -0.25) is 0 Å². The molecule has 1 heterocycles. The summed E-state index contributed by atoms with van der Waals surface area (Å²) in [6.45, 7) is 0.496. The second kappa shape index (κ2) is 6.09. The molecule has 0 aliphatic heterocycles. The summed E-state index contributed by atoms with van der Waals surface area (Å²) >= 11 is 0. The van der Waals surface area contributed by atoms with Crippen LogP contribution in [-0.2, 0) is 13.0 Å². The fourth-order valence-corrected chi connectivity index (χ4v) is 1.50. The average molecular weight is 245 g/mol. The van der Waals surface area contributed by atoms with E-state index in [1.807, 2.05) is 24.3 Å². The number of nitrogens with two attached hydrogens (primary N) is 1. The summed E-state index contributed by atoms with van der Waals surface area (Å²) in [5, 5.41) is 8.82. The van der Waals surface area contributed by atoms with E-state index in [1.165, 1.54) is 0 Å². The summed E-state index contributed by atoms with van der Waals surface area (Å²) in [6, 6.07) is 9.48. The number of aromatic nitrogens is 2. The van der Waals surface area contributed by atoms with Gasteiger partial charge in [-0.05, 0) is 30.2 Å². The quantitative estimate of drug-likeness (QED) is 0.828. The number of benzene rings is 1. The van der Waals surface area contributed by atoms with E-state index in [0.717, 1.165) is 11.3 Å². The number of aliphatic hydroxyl groups is 1. The molecule has 0 bridgehead atoms. The van der Waals surface area contributed by atoms with E-state index >= 15 is 0 Å². The molecule has 2 rings (SSSR count). The molecule has 0 atom stereocenters. The first-order valence-corrected chi connectivity index (χ1v) is 5.71. The summed E-state index contributed by atoms with van der Waals surface area (Å²) < 4.78 is 5.51. The van der Waals surface area contributed by atoms with Crippen molar-refractivity contribution in [2.24, 2.45) is 5.73 Å². The van der Waals surface area contributed by atoms with Crippen molar-refractivity contribution in [2.75, 3.05) is 6.61 Å². The van der Waals surface area contributed by atoms with E-state index in [2.05, 4.69) is 9.97 Å². The van der Waals surface area contributed by atoms with Crippen LogP contribution in [0.2, 0.25) is 0 Å². The van der Waals surface area contributed by atoms with Gasteiger partial charge in [-0.15, -0.1) is 0 Å². The molecule has 0 spiro atoms. The van der Waals surface area contributed by atoms with Crippen LogP contribution in [0.5, 0.6) is 11.8 Å². The third-order valence-electron chi connectivity index (χ3n) is 2.43. The second-order valence-electron chi connectivity index (χ2n) is 3.75. The number of hydrogen-bond acceptors (Lipinski definition) is 5. The van der Waals surface area contributed by atoms with Crippen LogP contribution in [0.4, 0.5) is 0 Å². The highest BCUT2D eigenvalue weighted by molar-refractivity contribution is 5.29. The Hall–Kier alpha value is -1.98. The zero-order chi connectivity index (χ0) is 12.8. The smallest absolute Gasteiger partial charge is 0.322 e. The van der Waals surface area contributed by atoms with Crippen molar-refractivity contribution in [3.05, 3.63) is 47.8 Å². The lowest BCUT2D eigenvalue weighted by molar-refractivity contribution is 0.299. The molecular formula is C13H15N3O2. The van der Waals surface area contributed by atoms with Crippen LogP contribution in [0.15, 0.2) is 36.5 Å². The van der Waals surface area contributed by atoms with Crippen LogP contribution in [0.25, 0.3) is 0 Å². The largest absolute Gasteiger partial charge is 0.424 e. The minimum atomic E-state index is 0.141. The molecule has 94 valence electrons. The highest BCUT2D eigenvalue weighted by Crippen LogP contribution is 2.18. The summed E-state index contributed by atoms with van der Waals surface area (Å²) in [7, 11) is 0. The first-order valence-electron chi connectivity index (χ1n) is 5.71. The molecule has 5 heteroatoms. The van der Waals surface area contributed by atoms with Crippen molar-refractivity contribution < 1.29 is 9.84 Å². The molecule has 1 aromatic heterocycles. The first-order chi connectivity index (χ1) is 8.81. The van der Waals surface area contributed by atoms with Gasteiger partial charge in [0.15, 0.2) is 0 Å². The van der Waals surface area contributed by atoms with Gasteiger partial charge in [0, 0.05) is 19.3 Å². The molecule has 3 N–H and O–H groups in total. The standard InChI is InChI=1S/C13H15N3O2/c14-9-11-5-7-15-13(16-11)18-12-3-1-10(2-4-12)6-8-17/h1-5,7,17H,6,8-9,14H2. The van der Waals surface area contributed by atoms with Crippen LogP contribution in [0, 0.1) is 0 Å². The van der Waals surface area contributed by atoms with Gasteiger partial charge in [-0.2, -0.15) is 4.98 Å². The predicted octanol–water partition coefficient (Wildman–Crippen LogP) is 1.26. The van der Waals surface area contributed by atoms with Crippen LogP contribution >= 0.6 is 0 Å². The molecule has 0 unspecified atom stereocenters. The molecule has 0 saturated heterocycles.